The zero-order valence-corrected chi connectivity index (χ0v) is 26.9. The molecule has 42 heavy (non-hydrogen) atoms. The van der Waals surface area contributed by atoms with Crippen LogP contribution in [0.1, 0.15) is 50.8 Å². The van der Waals surface area contributed by atoms with Gasteiger partial charge in [0.05, 0.1) is 29.3 Å². The predicted octanol–water partition coefficient (Wildman–Crippen LogP) is 8.01. The van der Waals surface area contributed by atoms with Crippen LogP contribution in [-0.4, -0.2) is 35.6 Å². The fraction of sp³-hybridized carbons (Fsp3) is 0.406. The number of nitrogens with zero attached hydrogens (tertiary/aromatic N) is 2. The summed E-state index contributed by atoms with van der Waals surface area (Å²) in [5.74, 6) is -0.873. The summed E-state index contributed by atoms with van der Waals surface area (Å²) in [7, 11) is -6.20. The van der Waals surface area contributed by atoms with Crippen LogP contribution in [0.3, 0.4) is 0 Å². The lowest BCUT2D eigenvalue weighted by molar-refractivity contribution is 0.163. The van der Waals surface area contributed by atoms with Gasteiger partial charge in [0.1, 0.15) is 11.6 Å². The van der Waals surface area contributed by atoms with Crippen molar-refractivity contribution in [3.05, 3.63) is 95.6 Å². The second kappa shape index (κ2) is 12.7. The van der Waals surface area contributed by atoms with Crippen molar-refractivity contribution in [2.75, 3.05) is 11.6 Å². The largest absolute Gasteiger partial charge is 0.410 e. The molecule has 0 aliphatic carbocycles. The van der Waals surface area contributed by atoms with Gasteiger partial charge in [-0.15, -0.1) is 0 Å². The normalized spacial score (nSPS) is 18.4. The highest BCUT2D eigenvalue weighted by molar-refractivity contribution is 7.86. The molecule has 0 spiro atoms. The lowest BCUT2D eigenvalue weighted by Gasteiger charge is -2.40. The number of rotatable bonds is 11. The molecule has 0 fully saturated rings. The molecule has 6 nitrogen and oxygen atoms in total. The van der Waals surface area contributed by atoms with Crippen molar-refractivity contribution in [1.29, 1.82) is 0 Å². The molecule has 0 unspecified atom stereocenters. The fourth-order valence-corrected chi connectivity index (χ4v) is 6.86. The third kappa shape index (κ3) is 7.72. The van der Waals surface area contributed by atoms with Crippen LogP contribution < -0.4 is 5.01 Å². The summed E-state index contributed by atoms with van der Waals surface area (Å²) >= 11 is 0. The van der Waals surface area contributed by atoms with Crippen molar-refractivity contribution in [2.45, 2.75) is 75.7 Å². The van der Waals surface area contributed by atoms with E-state index in [1.54, 1.807) is 47.6 Å². The zero-order chi connectivity index (χ0) is 30.7. The van der Waals surface area contributed by atoms with E-state index in [-0.39, 0.29) is 40.2 Å². The molecule has 0 N–H and O–H groups in total. The molecule has 10 heteroatoms. The minimum Gasteiger partial charge on any atom is -0.410 e. The molecule has 3 atom stereocenters. The van der Waals surface area contributed by atoms with Crippen LogP contribution in [0.5, 0.6) is 0 Å². The van der Waals surface area contributed by atoms with E-state index in [4.69, 9.17) is 8.61 Å². The fourth-order valence-electron chi connectivity index (χ4n) is 4.62. The van der Waals surface area contributed by atoms with Gasteiger partial charge in [0.25, 0.3) is 10.1 Å². The smallest absolute Gasteiger partial charge is 0.297 e. The molecule has 3 aromatic carbocycles. The Morgan fingerprint density at radius 2 is 1.50 bits per heavy atom. The summed E-state index contributed by atoms with van der Waals surface area (Å²) in [6.07, 6.45) is 2.73. The summed E-state index contributed by atoms with van der Waals surface area (Å²) in [5.41, 5.74) is 2.46. The number of hydrogen-bond donors (Lipinski definition) is 0. The van der Waals surface area contributed by atoms with Gasteiger partial charge in [-0.25, -0.2) is 8.78 Å². The molecule has 1 aliphatic heterocycles. The number of aryl methyl sites for hydroxylation is 1. The lowest BCUT2D eigenvalue weighted by Crippen LogP contribution is -2.42. The van der Waals surface area contributed by atoms with Gasteiger partial charge in [-0.05, 0) is 92.0 Å². The number of halogens is 2. The highest BCUT2D eigenvalue weighted by atomic mass is 32.2. The maximum absolute atomic E-state index is 13.8. The summed E-state index contributed by atoms with van der Waals surface area (Å²) < 4.78 is 66.0. The molecule has 0 saturated heterocycles. The monoisotopic (exact) mass is 614 g/mol. The minimum atomic E-state index is -4.02. The maximum atomic E-state index is 13.8. The van der Waals surface area contributed by atoms with Crippen molar-refractivity contribution >= 4 is 30.3 Å². The van der Waals surface area contributed by atoms with Crippen molar-refractivity contribution < 1.29 is 25.8 Å². The Kier molecular flexibility index (Phi) is 9.71. The topological polar surface area (TPSA) is 68.2 Å². The van der Waals surface area contributed by atoms with E-state index in [1.165, 1.54) is 36.4 Å². The van der Waals surface area contributed by atoms with E-state index >= 15 is 0 Å². The average Bonchev–Trinajstić information content (AvgIpc) is 3.33. The van der Waals surface area contributed by atoms with E-state index in [1.807, 2.05) is 6.92 Å². The zero-order valence-electron chi connectivity index (χ0n) is 25.1. The van der Waals surface area contributed by atoms with Gasteiger partial charge in [0.2, 0.25) is 0 Å². The van der Waals surface area contributed by atoms with Crippen LogP contribution in [0, 0.1) is 24.5 Å². The Morgan fingerprint density at radius 3 is 2.07 bits per heavy atom. The molecule has 1 aliphatic rings. The van der Waals surface area contributed by atoms with Gasteiger partial charge in [-0.2, -0.15) is 13.5 Å². The first-order valence-corrected chi connectivity index (χ1v) is 18.5. The molecule has 1 heterocycles. The van der Waals surface area contributed by atoms with Crippen molar-refractivity contribution in [2.24, 2.45) is 11.0 Å². The van der Waals surface area contributed by atoms with Crippen LogP contribution in [0.25, 0.3) is 0 Å². The van der Waals surface area contributed by atoms with Crippen LogP contribution in [0.4, 0.5) is 14.5 Å². The van der Waals surface area contributed by atoms with Crippen molar-refractivity contribution in [1.82, 2.24) is 0 Å². The standard InChI is InChI=1S/C32H40F2N2O4SSi/c1-23-7-18-29(19-8-23)41(37,38)39-22-30-25(21-35-36(30)28-16-14-27(34)15-17-28)11-20-31(24-9-12-26(33)13-10-24)40-42(5,6)32(2,3)4/h7-10,12-19,21,25,30-31H,11,20,22H2,1-6H3/t25-,30+,31-/m0/s1. The van der Waals surface area contributed by atoms with Gasteiger partial charge >= 0.3 is 0 Å². The van der Waals surface area contributed by atoms with Gasteiger partial charge in [-0.3, -0.25) is 9.19 Å². The summed E-state index contributed by atoms with van der Waals surface area (Å²) in [6.45, 7) is 12.6. The van der Waals surface area contributed by atoms with E-state index in [9.17, 15) is 17.2 Å². The lowest BCUT2D eigenvalue weighted by atomic mass is 9.93. The van der Waals surface area contributed by atoms with Crippen LogP contribution in [0.2, 0.25) is 18.1 Å². The number of anilines is 1. The molecule has 0 saturated carbocycles. The van der Waals surface area contributed by atoms with E-state index < -0.39 is 24.5 Å². The molecular weight excluding hydrogens is 575 g/mol. The number of hydrogen-bond acceptors (Lipinski definition) is 6. The van der Waals surface area contributed by atoms with Crippen LogP contribution in [0.15, 0.2) is 82.8 Å². The van der Waals surface area contributed by atoms with E-state index in [0.717, 1.165) is 11.1 Å². The van der Waals surface area contributed by atoms with Crippen molar-refractivity contribution in [3.8, 4) is 0 Å². The van der Waals surface area contributed by atoms with Gasteiger partial charge in [-0.1, -0.05) is 50.6 Å². The highest BCUT2D eigenvalue weighted by Gasteiger charge is 2.40. The first-order valence-electron chi connectivity index (χ1n) is 14.1. The molecular formula is C32H40F2N2O4SSi. The molecule has 4 rings (SSSR count). The molecule has 226 valence electrons. The molecule has 0 bridgehead atoms. The second-order valence-corrected chi connectivity index (χ2v) is 18.7. The van der Waals surface area contributed by atoms with Crippen molar-refractivity contribution in [3.63, 3.8) is 0 Å². The Balaban J connectivity index is 1.57. The molecule has 0 amide bonds. The summed E-state index contributed by atoms with van der Waals surface area (Å²) in [6, 6.07) is 18.3. The second-order valence-electron chi connectivity index (χ2n) is 12.4. The Hall–Kier alpha value is -2.92. The van der Waals surface area contributed by atoms with Crippen LogP contribution >= 0.6 is 0 Å². The Labute approximate surface area is 249 Å². The average molecular weight is 615 g/mol. The Morgan fingerprint density at radius 1 is 0.929 bits per heavy atom. The van der Waals surface area contributed by atoms with Gasteiger partial charge < -0.3 is 4.43 Å². The Bertz CT molecular complexity index is 1470. The van der Waals surface area contributed by atoms with Gasteiger partial charge in [0.15, 0.2) is 8.32 Å². The summed E-state index contributed by atoms with van der Waals surface area (Å²) in [5, 5.41) is 6.25. The highest BCUT2D eigenvalue weighted by Crippen LogP contribution is 2.41. The third-order valence-corrected chi connectivity index (χ3v) is 14.0. The molecule has 0 radical (unpaired) electrons. The van der Waals surface area contributed by atoms with Crippen LogP contribution in [-0.2, 0) is 18.7 Å². The quantitative estimate of drug-likeness (QED) is 0.162. The van der Waals surface area contributed by atoms with E-state index in [0.29, 0.717) is 18.5 Å². The minimum absolute atomic E-state index is 0.0276. The third-order valence-electron chi connectivity index (χ3n) is 8.23. The first kappa shape index (κ1) is 32.0. The van der Waals surface area contributed by atoms with E-state index in [2.05, 4.69) is 39.0 Å². The predicted molar refractivity (Wildman–Crippen MR) is 166 cm³/mol. The van der Waals surface area contributed by atoms with Gasteiger partial charge in [0, 0.05) is 12.1 Å². The first-order chi connectivity index (χ1) is 19.7. The number of hydrazone groups is 1. The maximum Gasteiger partial charge on any atom is 0.297 e. The summed E-state index contributed by atoms with van der Waals surface area (Å²) in [4.78, 5) is 0.0797. The molecule has 3 aromatic rings. The molecule has 0 aromatic heterocycles. The number of benzene rings is 3. The SMILES string of the molecule is Cc1ccc(S(=O)(=O)OC[C@@H]2[C@@H](CC[C@H](O[Si](C)(C)C(C)(C)C)c3ccc(F)cc3)C=NN2c2ccc(F)cc2)cc1.